The summed E-state index contributed by atoms with van der Waals surface area (Å²) in [6.45, 7) is 4.07. The lowest BCUT2D eigenvalue weighted by atomic mass is 10.1. The highest BCUT2D eigenvalue weighted by Crippen LogP contribution is 2.16. The lowest BCUT2D eigenvalue weighted by Gasteiger charge is -2.05. The summed E-state index contributed by atoms with van der Waals surface area (Å²) in [6, 6.07) is 3.36. The van der Waals surface area contributed by atoms with E-state index in [0.717, 1.165) is 11.8 Å². The largest absolute Gasteiger partial charge is 0.362 e. The SMILES string of the molecule is CC(C)c1ccc(OS(C)(=O)=O)nc1. The first-order valence-corrected chi connectivity index (χ1v) is 6.05. The van der Waals surface area contributed by atoms with Crippen molar-refractivity contribution in [2.75, 3.05) is 6.26 Å². The third-order valence-corrected chi connectivity index (χ3v) is 2.14. The fraction of sp³-hybridized carbons (Fsp3) is 0.444. The third-order valence-electron chi connectivity index (χ3n) is 1.66. The van der Waals surface area contributed by atoms with Gasteiger partial charge in [-0.05, 0) is 11.5 Å². The number of rotatable bonds is 3. The van der Waals surface area contributed by atoms with E-state index in [1.165, 1.54) is 0 Å². The first-order chi connectivity index (χ1) is 6.38. The molecule has 0 N–H and O–H groups in total. The van der Waals surface area contributed by atoms with Crippen LogP contribution in [0.3, 0.4) is 0 Å². The molecule has 0 saturated heterocycles. The summed E-state index contributed by atoms with van der Waals surface area (Å²) in [7, 11) is -3.47. The molecule has 0 radical (unpaired) electrons. The zero-order valence-corrected chi connectivity index (χ0v) is 9.21. The van der Waals surface area contributed by atoms with Crippen LogP contribution in [0.1, 0.15) is 25.3 Å². The second-order valence-electron chi connectivity index (χ2n) is 3.37. The van der Waals surface area contributed by atoms with Gasteiger partial charge in [-0.25, -0.2) is 4.98 Å². The summed E-state index contributed by atoms with van der Waals surface area (Å²) in [5.74, 6) is 0.478. The van der Waals surface area contributed by atoms with Crippen molar-refractivity contribution < 1.29 is 12.6 Å². The van der Waals surface area contributed by atoms with Crippen LogP contribution in [0, 0.1) is 0 Å². The Morgan fingerprint density at radius 2 is 2.00 bits per heavy atom. The quantitative estimate of drug-likeness (QED) is 0.718. The van der Waals surface area contributed by atoms with Crippen LogP contribution in [0.2, 0.25) is 0 Å². The van der Waals surface area contributed by atoms with Gasteiger partial charge in [0.05, 0.1) is 6.26 Å². The zero-order chi connectivity index (χ0) is 10.8. The van der Waals surface area contributed by atoms with Crippen molar-refractivity contribution in [2.24, 2.45) is 0 Å². The molecule has 78 valence electrons. The van der Waals surface area contributed by atoms with Crippen LogP contribution < -0.4 is 4.18 Å². The molecule has 0 aliphatic carbocycles. The summed E-state index contributed by atoms with van der Waals surface area (Å²) >= 11 is 0. The molecule has 0 aliphatic heterocycles. The molecule has 1 heterocycles. The molecular formula is C9H13NO3S. The first-order valence-electron chi connectivity index (χ1n) is 4.24. The molecule has 0 amide bonds. The minimum atomic E-state index is -3.47. The van der Waals surface area contributed by atoms with Crippen molar-refractivity contribution in [1.29, 1.82) is 0 Å². The van der Waals surface area contributed by atoms with Gasteiger partial charge in [0.15, 0.2) is 0 Å². The van der Waals surface area contributed by atoms with Gasteiger partial charge in [0, 0.05) is 12.3 Å². The Bertz CT molecular complexity index is 395. The van der Waals surface area contributed by atoms with E-state index < -0.39 is 10.1 Å². The third kappa shape index (κ3) is 3.33. The maximum absolute atomic E-state index is 10.8. The van der Waals surface area contributed by atoms with E-state index in [2.05, 4.69) is 9.17 Å². The van der Waals surface area contributed by atoms with Crippen LogP contribution in [0.25, 0.3) is 0 Å². The van der Waals surface area contributed by atoms with Crippen molar-refractivity contribution in [2.45, 2.75) is 19.8 Å². The van der Waals surface area contributed by atoms with Crippen molar-refractivity contribution >= 4 is 10.1 Å². The average Bonchev–Trinajstić information content (AvgIpc) is 2.02. The highest BCUT2D eigenvalue weighted by molar-refractivity contribution is 7.86. The molecule has 0 saturated carbocycles. The average molecular weight is 215 g/mol. The Labute approximate surface area is 84.1 Å². The summed E-state index contributed by atoms with van der Waals surface area (Å²) in [6.07, 6.45) is 2.61. The molecule has 0 fully saturated rings. The predicted octanol–water partition coefficient (Wildman–Crippen LogP) is 1.54. The number of aromatic nitrogens is 1. The molecule has 1 aromatic rings. The molecule has 5 heteroatoms. The van der Waals surface area contributed by atoms with Gasteiger partial charge in [-0.15, -0.1) is 0 Å². The monoisotopic (exact) mass is 215 g/mol. The number of pyridine rings is 1. The predicted molar refractivity (Wildman–Crippen MR) is 53.8 cm³/mol. The smallest absolute Gasteiger partial charge is 0.307 e. The highest BCUT2D eigenvalue weighted by Gasteiger charge is 2.06. The van der Waals surface area contributed by atoms with Gasteiger partial charge in [0.25, 0.3) is 0 Å². The van der Waals surface area contributed by atoms with Crippen LogP contribution in [0.5, 0.6) is 5.88 Å². The van der Waals surface area contributed by atoms with Crippen molar-refractivity contribution in [3.05, 3.63) is 23.9 Å². The van der Waals surface area contributed by atoms with Crippen LogP contribution in [-0.4, -0.2) is 19.7 Å². The first kappa shape index (κ1) is 11.0. The second-order valence-corrected chi connectivity index (χ2v) is 4.95. The van der Waals surface area contributed by atoms with Gasteiger partial charge in [-0.2, -0.15) is 8.42 Å². The van der Waals surface area contributed by atoms with Crippen LogP contribution in [0.4, 0.5) is 0 Å². The summed E-state index contributed by atoms with van der Waals surface area (Å²) < 4.78 is 26.1. The van der Waals surface area contributed by atoms with Crippen LogP contribution in [0.15, 0.2) is 18.3 Å². The number of nitrogens with zero attached hydrogens (tertiary/aromatic N) is 1. The molecule has 0 atom stereocenters. The van der Waals surface area contributed by atoms with Crippen molar-refractivity contribution in [3.8, 4) is 5.88 Å². The minimum Gasteiger partial charge on any atom is -0.362 e. The van der Waals surface area contributed by atoms with Crippen LogP contribution >= 0.6 is 0 Å². The minimum absolute atomic E-state index is 0.108. The normalized spacial score (nSPS) is 11.7. The highest BCUT2D eigenvalue weighted by atomic mass is 32.2. The molecule has 0 bridgehead atoms. The molecule has 14 heavy (non-hydrogen) atoms. The van der Waals surface area contributed by atoms with Gasteiger partial charge < -0.3 is 4.18 Å². The lowest BCUT2D eigenvalue weighted by Crippen LogP contribution is -2.07. The van der Waals surface area contributed by atoms with Gasteiger partial charge in [0.1, 0.15) is 0 Å². The van der Waals surface area contributed by atoms with E-state index in [0.29, 0.717) is 5.92 Å². The Hall–Kier alpha value is -1.10. The Balaban J connectivity index is 2.84. The van der Waals surface area contributed by atoms with Crippen LogP contribution in [-0.2, 0) is 10.1 Å². The molecule has 0 aromatic carbocycles. The maximum atomic E-state index is 10.8. The maximum Gasteiger partial charge on any atom is 0.307 e. The fourth-order valence-electron chi connectivity index (χ4n) is 0.938. The number of hydrogen-bond acceptors (Lipinski definition) is 4. The summed E-state index contributed by atoms with van der Waals surface area (Å²) in [5, 5.41) is 0. The topological polar surface area (TPSA) is 56.3 Å². The van der Waals surface area contributed by atoms with E-state index in [1.54, 1.807) is 18.3 Å². The van der Waals surface area contributed by atoms with Gasteiger partial charge in [-0.1, -0.05) is 19.9 Å². The Morgan fingerprint density at radius 3 is 2.36 bits per heavy atom. The standard InChI is InChI=1S/C9H13NO3S/c1-7(2)8-4-5-9(10-6-8)13-14(3,11)12/h4-7H,1-3H3. The molecule has 0 unspecified atom stereocenters. The molecular weight excluding hydrogens is 202 g/mol. The fourth-order valence-corrected chi connectivity index (χ4v) is 1.35. The summed E-state index contributed by atoms with van der Waals surface area (Å²) in [4.78, 5) is 3.88. The Kier molecular flexibility index (Phi) is 3.10. The van der Waals surface area contributed by atoms with E-state index in [9.17, 15) is 8.42 Å². The number of hydrogen-bond donors (Lipinski definition) is 0. The van der Waals surface area contributed by atoms with Crippen molar-refractivity contribution in [1.82, 2.24) is 4.98 Å². The van der Waals surface area contributed by atoms with Gasteiger partial charge >= 0.3 is 10.1 Å². The van der Waals surface area contributed by atoms with E-state index >= 15 is 0 Å². The van der Waals surface area contributed by atoms with E-state index in [1.807, 2.05) is 13.8 Å². The van der Waals surface area contributed by atoms with E-state index in [-0.39, 0.29) is 5.88 Å². The van der Waals surface area contributed by atoms with Gasteiger partial charge in [-0.3, -0.25) is 0 Å². The van der Waals surface area contributed by atoms with Gasteiger partial charge in [0.2, 0.25) is 5.88 Å². The lowest BCUT2D eigenvalue weighted by molar-refractivity contribution is 0.482. The van der Waals surface area contributed by atoms with Crippen molar-refractivity contribution in [3.63, 3.8) is 0 Å². The second kappa shape index (κ2) is 3.96. The zero-order valence-electron chi connectivity index (χ0n) is 8.39. The Morgan fingerprint density at radius 1 is 1.36 bits per heavy atom. The molecule has 0 spiro atoms. The molecule has 1 rings (SSSR count). The van der Waals surface area contributed by atoms with E-state index in [4.69, 9.17) is 0 Å². The molecule has 0 aliphatic rings. The summed E-state index contributed by atoms with van der Waals surface area (Å²) in [5.41, 5.74) is 1.05. The molecule has 4 nitrogen and oxygen atoms in total. The molecule has 1 aromatic heterocycles.